The van der Waals surface area contributed by atoms with E-state index in [1.807, 2.05) is 40.6 Å². The molecular weight excluding hydrogens is 412 g/mol. The highest BCUT2D eigenvalue weighted by molar-refractivity contribution is 7.13. The predicted molar refractivity (Wildman–Crippen MR) is 118 cm³/mol. The Kier molecular flexibility index (Phi) is 4.94. The molecule has 1 aromatic carbocycles. The van der Waals surface area contributed by atoms with Gasteiger partial charge >= 0.3 is 5.97 Å². The monoisotopic (exact) mass is 434 g/mol. The first-order valence-electron chi connectivity index (χ1n) is 10.2. The summed E-state index contributed by atoms with van der Waals surface area (Å²) < 4.78 is 4.75. The second-order valence-corrected chi connectivity index (χ2v) is 9.07. The van der Waals surface area contributed by atoms with E-state index in [1.54, 1.807) is 23.6 Å². The number of thiophene rings is 1. The number of amides is 1. The molecule has 1 spiro atoms. The number of aromatic nitrogens is 2. The normalized spacial score (nSPS) is 16.9. The summed E-state index contributed by atoms with van der Waals surface area (Å²) in [6.45, 7) is 3.03. The molecule has 8 heteroatoms. The third kappa shape index (κ3) is 3.67. The molecule has 2 aliphatic heterocycles. The maximum absolute atomic E-state index is 13.0. The average molecular weight is 435 g/mol. The zero-order chi connectivity index (χ0) is 21.4. The smallest absolute Gasteiger partial charge is 0.356 e. The van der Waals surface area contributed by atoms with Crippen LogP contribution in [0, 0.1) is 5.41 Å². The fraction of sp³-hybridized carbons (Fsp3) is 0.304. The van der Waals surface area contributed by atoms with E-state index >= 15 is 0 Å². The number of likely N-dealkylation sites (tertiary alicyclic amines) is 1. The molecule has 2 aliphatic rings. The van der Waals surface area contributed by atoms with Crippen molar-refractivity contribution in [2.75, 3.05) is 38.2 Å². The van der Waals surface area contributed by atoms with E-state index in [0.29, 0.717) is 5.95 Å². The van der Waals surface area contributed by atoms with Crippen molar-refractivity contribution in [1.29, 1.82) is 0 Å². The lowest BCUT2D eigenvalue weighted by molar-refractivity contribution is 0.0167. The molecule has 2 fully saturated rings. The molecule has 31 heavy (non-hydrogen) atoms. The number of anilines is 1. The fourth-order valence-corrected chi connectivity index (χ4v) is 5.14. The molecule has 0 unspecified atom stereocenters. The van der Waals surface area contributed by atoms with Crippen LogP contribution in [0.3, 0.4) is 0 Å². The lowest BCUT2D eigenvalue weighted by Crippen LogP contribution is -2.59. The van der Waals surface area contributed by atoms with Gasteiger partial charge in [-0.2, -0.15) is 0 Å². The maximum Gasteiger partial charge on any atom is 0.356 e. The first-order valence-corrected chi connectivity index (χ1v) is 11.0. The van der Waals surface area contributed by atoms with E-state index in [2.05, 4.69) is 20.9 Å². The number of carbonyl (C=O) groups is 2. The SMILES string of the molecule is COC(=O)c1ccnc(N2CCC3(CN(C(=O)c4cccc(-c5cccs5)c4)C3)C2)n1. The molecule has 4 heterocycles. The quantitative estimate of drug-likeness (QED) is 0.587. The van der Waals surface area contributed by atoms with E-state index in [9.17, 15) is 9.59 Å². The summed E-state index contributed by atoms with van der Waals surface area (Å²) >= 11 is 1.67. The topological polar surface area (TPSA) is 75.6 Å². The van der Waals surface area contributed by atoms with Crippen LogP contribution in [-0.4, -0.2) is 60.0 Å². The molecule has 158 valence electrons. The van der Waals surface area contributed by atoms with Gasteiger partial charge in [0.15, 0.2) is 5.69 Å². The zero-order valence-electron chi connectivity index (χ0n) is 17.2. The van der Waals surface area contributed by atoms with Crippen molar-refractivity contribution in [3.63, 3.8) is 0 Å². The molecule has 0 saturated carbocycles. The summed E-state index contributed by atoms with van der Waals surface area (Å²) in [5.74, 6) is 0.141. The largest absolute Gasteiger partial charge is 0.464 e. The van der Waals surface area contributed by atoms with Gasteiger partial charge in [-0.1, -0.05) is 18.2 Å². The van der Waals surface area contributed by atoms with Gasteiger partial charge < -0.3 is 14.5 Å². The predicted octanol–water partition coefficient (Wildman–Crippen LogP) is 3.34. The van der Waals surface area contributed by atoms with Crippen molar-refractivity contribution in [3.8, 4) is 10.4 Å². The minimum Gasteiger partial charge on any atom is -0.464 e. The Morgan fingerprint density at radius 3 is 2.77 bits per heavy atom. The maximum atomic E-state index is 13.0. The van der Waals surface area contributed by atoms with Gasteiger partial charge in [0.25, 0.3) is 5.91 Å². The number of carbonyl (C=O) groups excluding carboxylic acids is 2. The summed E-state index contributed by atoms with van der Waals surface area (Å²) in [6, 6.07) is 13.5. The number of nitrogens with zero attached hydrogens (tertiary/aromatic N) is 4. The molecule has 2 aromatic heterocycles. The van der Waals surface area contributed by atoms with Crippen LogP contribution in [0.1, 0.15) is 27.3 Å². The summed E-state index contributed by atoms with van der Waals surface area (Å²) in [6.07, 6.45) is 2.55. The van der Waals surface area contributed by atoms with Crippen molar-refractivity contribution in [2.45, 2.75) is 6.42 Å². The van der Waals surface area contributed by atoms with Gasteiger partial charge in [-0.25, -0.2) is 14.8 Å². The van der Waals surface area contributed by atoms with Crippen LogP contribution < -0.4 is 4.90 Å². The van der Waals surface area contributed by atoms with Gasteiger partial charge in [0, 0.05) is 48.2 Å². The Bertz CT molecular complexity index is 1130. The number of hydrogen-bond donors (Lipinski definition) is 0. The second kappa shape index (κ2) is 7.77. The molecule has 2 saturated heterocycles. The van der Waals surface area contributed by atoms with E-state index < -0.39 is 5.97 Å². The van der Waals surface area contributed by atoms with Crippen LogP contribution in [0.15, 0.2) is 54.0 Å². The Balaban J connectivity index is 1.24. The third-order valence-corrected chi connectivity index (χ3v) is 6.93. The van der Waals surface area contributed by atoms with Crippen LogP contribution in [0.4, 0.5) is 5.95 Å². The van der Waals surface area contributed by atoms with Gasteiger partial charge in [-0.15, -0.1) is 11.3 Å². The highest BCUT2D eigenvalue weighted by Gasteiger charge is 2.49. The molecular formula is C23H22N4O3S. The Morgan fingerprint density at radius 2 is 2.00 bits per heavy atom. The summed E-state index contributed by atoms with van der Waals surface area (Å²) in [5, 5.41) is 2.04. The molecule has 0 radical (unpaired) electrons. The summed E-state index contributed by atoms with van der Waals surface area (Å²) in [7, 11) is 1.34. The summed E-state index contributed by atoms with van der Waals surface area (Å²) in [5.41, 5.74) is 2.12. The molecule has 7 nitrogen and oxygen atoms in total. The Hall–Kier alpha value is -3.26. The standard InChI is InChI=1S/C23H22N4O3S/c1-30-21(29)18-7-9-24-22(25-18)26-10-8-23(13-26)14-27(15-23)20(28)17-5-2-4-16(12-17)19-6-3-11-31-19/h2-7,9,11-12H,8,10,13-15H2,1H3. The minimum atomic E-state index is -0.470. The van der Waals surface area contributed by atoms with Gasteiger partial charge in [-0.3, -0.25) is 4.79 Å². The minimum absolute atomic E-state index is 0.0612. The van der Waals surface area contributed by atoms with Crippen molar-refractivity contribution in [2.24, 2.45) is 5.41 Å². The summed E-state index contributed by atoms with van der Waals surface area (Å²) in [4.78, 5) is 38.6. The van der Waals surface area contributed by atoms with E-state index in [4.69, 9.17) is 4.74 Å². The van der Waals surface area contributed by atoms with Crippen molar-refractivity contribution in [3.05, 3.63) is 65.3 Å². The highest BCUT2D eigenvalue weighted by atomic mass is 32.1. The van der Waals surface area contributed by atoms with Crippen LogP contribution in [0.25, 0.3) is 10.4 Å². The second-order valence-electron chi connectivity index (χ2n) is 8.12. The number of benzene rings is 1. The van der Waals surface area contributed by atoms with Gasteiger partial charge in [0.1, 0.15) is 0 Å². The zero-order valence-corrected chi connectivity index (χ0v) is 18.0. The first kappa shape index (κ1) is 19.7. The lowest BCUT2D eigenvalue weighted by atomic mass is 9.78. The molecule has 0 aliphatic carbocycles. The molecule has 1 amide bonds. The Morgan fingerprint density at radius 1 is 1.13 bits per heavy atom. The van der Waals surface area contributed by atoms with Gasteiger partial charge in [0.05, 0.1) is 7.11 Å². The number of ether oxygens (including phenoxy) is 1. The van der Waals surface area contributed by atoms with Crippen molar-refractivity contribution >= 4 is 29.2 Å². The van der Waals surface area contributed by atoms with E-state index in [-0.39, 0.29) is 17.0 Å². The fourth-order valence-electron chi connectivity index (χ4n) is 4.42. The molecule has 3 aromatic rings. The van der Waals surface area contributed by atoms with Crippen LogP contribution in [0.5, 0.6) is 0 Å². The van der Waals surface area contributed by atoms with Gasteiger partial charge in [0.2, 0.25) is 5.95 Å². The number of methoxy groups -OCH3 is 1. The van der Waals surface area contributed by atoms with Gasteiger partial charge in [-0.05, 0) is 41.6 Å². The van der Waals surface area contributed by atoms with E-state index in [1.165, 1.54) is 7.11 Å². The molecule has 0 atom stereocenters. The first-order chi connectivity index (χ1) is 15.1. The van der Waals surface area contributed by atoms with Crippen molar-refractivity contribution < 1.29 is 14.3 Å². The van der Waals surface area contributed by atoms with Crippen molar-refractivity contribution in [1.82, 2.24) is 14.9 Å². The van der Waals surface area contributed by atoms with Crippen LogP contribution in [0.2, 0.25) is 0 Å². The highest BCUT2D eigenvalue weighted by Crippen LogP contribution is 2.41. The molecule has 5 rings (SSSR count). The Labute approximate surface area is 184 Å². The number of hydrogen-bond acceptors (Lipinski definition) is 7. The number of rotatable bonds is 4. The number of esters is 1. The van der Waals surface area contributed by atoms with E-state index in [0.717, 1.165) is 48.6 Å². The van der Waals surface area contributed by atoms with Crippen LogP contribution >= 0.6 is 11.3 Å². The average Bonchev–Trinajstić information content (AvgIpc) is 3.48. The molecule has 0 bridgehead atoms. The third-order valence-electron chi connectivity index (χ3n) is 6.01. The lowest BCUT2D eigenvalue weighted by Gasteiger charge is -2.48. The van der Waals surface area contributed by atoms with Crippen LogP contribution in [-0.2, 0) is 4.74 Å². The molecule has 0 N–H and O–H groups in total.